The van der Waals surface area contributed by atoms with Crippen molar-refractivity contribution in [2.24, 2.45) is 5.92 Å². The minimum atomic E-state index is -3.41. The Morgan fingerprint density at radius 1 is 1.19 bits per heavy atom. The standard InChI is InChI=1S/C18H27N3O3S.ClH/c1-21(2)25(23,24)15-9-7-13(8-10-15)12-19-18(22)17-11-14-5-3-4-6-16(14)20-17;/h7-10,14,16-17,20H,3-6,11-12H2,1-2H3,(H,19,22);1H. The number of carbonyl (C=O) groups is 1. The van der Waals surface area contributed by atoms with Crippen LogP contribution in [-0.2, 0) is 21.4 Å². The van der Waals surface area contributed by atoms with Crippen LogP contribution in [0.2, 0.25) is 0 Å². The van der Waals surface area contributed by atoms with Gasteiger partial charge in [-0.05, 0) is 42.9 Å². The Morgan fingerprint density at radius 3 is 2.46 bits per heavy atom. The van der Waals surface area contributed by atoms with Gasteiger partial charge in [-0.2, -0.15) is 0 Å². The van der Waals surface area contributed by atoms with Gasteiger partial charge in [-0.25, -0.2) is 12.7 Å². The summed E-state index contributed by atoms with van der Waals surface area (Å²) >= 11 is 0. The normalized spacial score (nSPS) is 25.4. The molecule has 6 nitrogen and oxygen atoms in total. The van der Waals surface area contributed by atoms with Gasteiger partial charge in [0, 0.05) is 26.7 Å². The number of carbonyl (C=O) groups excluding carboxylic acids is 1. The molecule has 3 unspecified atom stereocenters. The number of benzene rings is 1. The number of nitrogens with one attached hydrogen (secondary N) is 2. The molecule has 0 spiro atoms. The van der Waals surface area contributed by atoms with E-state index in [-0.39, 0.29) is 29.3 Å². The van der Waals surface area contributed by atoms with Crippen LogP contribution in [0.1, 0.15) is 37.7 Å². The molecule has 1 aromatic carbocycles. The van der Waals surface area contributed by atoms with E-state index in [1.165, 1.54) is 44.1 Å². The highest BCUT2D eigenvalue weighted by atomic mass is 35.5. The molecule has 2 fully saturated rings. The van der Waals surface area contributed by atoms with Gasteiger partial charge in [-0.3, -0.25) is 4.79 Å². The fraction of sp³-hybridized carbons (Fsp3) is 0.611. The molecule has 3 rings (SSSR count). The maximum absolute atomic E-state index is 12.4. The molecular formula is C18H28ClN3O3S. The molecule has 1 saturated heterocycles. The van der Waals surface area contributed by atoms with Crippen molar-refractivity contribution in [3.05, 3.63) is 29.8 Å². The second-order valence-corrected chi connectivity index (χ2v) is 9.41. The zero-order valence-electron chi connectivity index (χ0n) is 15.3. The van der Waals surface area contributed by atoms with Crippen LogP contribution in [0.4, 0.5) is 0 Å². The van der Waals surface area contributed by atoms with Gasteiger partial charge in [0.25, 0.3) is 0 Å². The molecule has 1 aliphatic carbocycles. The van der Waals surface area contributed by atoms with Gasteiger partial charge in [0.1, 0.15) is 0 Å². The number of hydrogen-bond acceptors (Lipinski definition) is 4. The quantitative estimate of drug-likeness (QED) is 0.789. The topological polar surface area (TPSA) is 78.5 Å². The summed E-state index contributed by atoms with van der Waals surface area (Å²) < 4.78 is 25.3. The molecular weight excluding hydrogens is 374 g/mol. The van der Waals surface area contributed by atoms with E-state index in [4.69, 9.17) is 0 Å². The van der Waals surface area contributed by atoms with E-state index < -0.39 is 10.0 Å². The first-order valence-electron chi connectivity index (χ1n) is 8.93. The summed E-state index contributed by atoms with van der Waals surface area (Å²) in [6, 6.07) is 7.07. The Morgan fingerprint density at radius 2 is 1.85 bits per heavy atom. The molecule has 1 heterocycles. The SMILES string of the molecule is CN(C)S(=O)(=O)c1ccc(CNC(=O)C2CC3CCCCC3N2)cc1.Cl. The average molecular weight is 402 g/mol. The van der Waals surface area contributed by atoms with E-state index >= 15 is 0 Å². The Kier molecular flexibility index (Phi) is 7.07. The number of halogens is 1. The predicted molar refractivity (Wildman–Crippen MR) is 104 cm³/mol. The predicted octanol–water partition coefficient (Wildman–Crippen LogP) is 1.90. The van der Waals surface area contributed by atoms with Crippen LogP contribution in [0.25, 0.3) is 0 Å². The third-order valence-electron chi connectivity index (χ3n) is 5.35. The third kappa shape index (κ3) is 4.57. The summed E-state index contributed by atoms with van der Waals surface area (Å²) in [7, 11) is -0.395. The number of rotatable bonds is 5. The molecule has 26 heavy (non-hydrogen) atoms. The minimum absolute atomic E-state index is 0. The van der Waals surface area contributed by atoms with Crippen molar-refractivity contribution >= 4 is 28.3 Å². The van der Waals surface area contributed by atoms with Crippen LogP contribution in [0, 0.1) is 5.92 Å². The van der Waals surface area contributed by atoms with Crippen LogP contribution in [0.15, 0.2) is 29.2 Å². The van der Waals surface area contributed by atoms with Gasteiger partial charge in [-0.1, -0.05) is 25.0 Å². The number of hydrogen-bond donors (Lipinski definition) is 2. The lowest BCUT2D eigenvalue weighted by atomic mass is 9.85. The van der Waals surface area contributed by atoms with E-state index in [0.717, 1.165) is 12.0 Å². The Labute approximate surface area is 162 Å². The largest absolute Gasteiger partial charge is 0.351 e. The van der Waals surface area contributed by atoms with Crippen LogP contribution in [0.3, 0.4) is 0 Å². The number of amides is 1. The van der Waals surface area contributed by atoms with E-state index in [2.05, 4.69) is 10.6 Å². The first kappa shape index (κ1) is 21.2. The summed E-state index contributed by atoms with van der Waals surface area (Å²) in [6.45, 7) is 0.411. The molecule has 1 amide bonds. The van der Waals surface area contributed by atoms with Crippen LogP contribution in [-0.4, -0.2) is 44.8 Å². The summed E-state index contributed by atoms with van der Waals surface area (Å²) in [5.74, 6) is 0.680. The van der Waals surface area contributed by atoms with Gasteiger partial charge in [0.15, 0.2) is 0 Å². The van der Waals surface area contributed by atoms with Crippen LogP contribution in [0.5, 0.6) is 0 Å². The summed E-state index contributed by atoms with van der Waals surface area (Å²) in [5, 5.41) is 6.44. The molecule has 1 saturated carbocycles. The zero-order valence-corrected chi connectivity index (χ0v) is 16.9. The Bertz CT molecular complexity index is 708. The molecule has 8 heteroatoms. The lowest BCUT2D eigenvalue weighted by Crippen LogP contribution is -2.42. The molecule has 2 aliphatic rings. The van der Waals surface area contributed by atoms with Crippen molar-refractivity contribution in [2.45, 2.75) is 55.6 Å². The first-order valence-corrected chi connectivity index (χ1v) is 10.4. The van der Waals surface area contributed by atoms with E-state index in [1.807, 2.05) is 0 Å². The number of sulfonamides is 1. The van der Waals surface area contributed by atoms with Gasteiger partial charge in [0.05, 0.1) is 10.9 Å². The maximum Gasteiger partial charge on any atom is 0.242 e. The fourth-order valence-electron chi connectivity index (χ4n) is 3.82. The van der Waals surface area contributed by atoms with Gasteiger partial charge in [-0.15, -0.1) is 12.4 Å². The molecule has 146 valence electrons. The second-order valence-electron chi connectivity index (χ2n) is 7.26. The van der Waals surface area contributed by atoms with Crippen molar-refractivity contribution in [1.82, 2.24) is 14.9 Å². The molecule has 0 bridgehead atoms. The molecule has 3 atom stereocenters. The molecule has 0 radical (unpaired) electrons. The number of fused-ring (bicyclic) bond motifs is 1. The van der Waals surface area contributed by atoms with Crippen molar-refractivity contribution < 1.29 is 13.2 Å². The van der Waals surface area contributed by atoms with E-state index in [9.17, 15) is 13.2 Å². The first-order chi connectivity index (χ1) is 11.9. The maximum atomic E-state index is 12.4. The minimum Gasteiger partial charge on any atom is -0.351 e. The van der Waals surface area contributed by atoms with Crippen molar-refractivity contribution in [3.8, 4) is 0 Å². The molecule has 1 aliphatic heterocycles. The molecule has 0 aromatic heterocycles. The molecule has 2 N–H and O–H groups in total. The van der Waals surface area contributed by atoms with Crippen LogP contribution >= 0.6 is 12.4 Å². The van der Waals surface area contributed by atoms with Crippen molar-refractivity contribution in [1.29, 1.82) is 0 Å². The van der Waals surface area contributed by atoms with Gasteiger partial charge < -0.3 is 10.6 Å². The smallest absolute Gasteiger partial charge is 0.242 e. The summed E-state index contributed by atoms with van der Waals surface area (Å²) in [5.41, 5.74) is 0.890. The van der Waals surface area contributed by atoms with Crippen molar-refractivity contribution in [2.75, 3.05) is 14.1 Å². The highest BCUT2D eigenvalue weighted by Crippen LogP contribution is 2.33. The van der Waals surface area contributed by atoms with E-state index in [1.54, 1.807) is 24.3 Å². The third-order valence-corrected chi connectivity index (χ3v) is 7.18. The lowest BCUT2D eigenvalue weighted by molar-refractivity contribution is -0.123. The highest BCUT2D eigenvalue weighted by Gasteiger charge is 2.37. The molecule has 1 aromatic rings. The monoisotopic (exact) mass is 401 g/mol. The van der Waals surface area contributed by atoms with Crippen LogP contribution < -0.4 is 10.6 Å². The van der Waals surface area contributed by atoms with Crippen molar-refractivity contribution in [3.63, 3.8) is 0 Å². The van der Waals surface area contributed by atoms with Gasteiger partial charge >= 0.3 is 0 Å². The highest BCUT2D eigenvalue weighted by molar-refractivity contribution is 7.89. The fourth-order valence-corrected chi connectivity index (χ4v) is 4.73. The van der Waals surface area contributed by atoms with Gasteiger partial charge in [0.2, 0.25) is 15.9 Å². The Balaban J connectivity index is 0.00000243. The Hall–Kier alpha value is -1.15. The lowest BCUT2D eigenvalue weighted by Gasteiger charge is -2.24. The average Bonchev–Trinajstić information content (AvgIpc) is 3.04. The van der Waals surface area contributed by atoms with E-state index in [0.29, 0.717) is 18.5 Å². The number of nitrogens with zero attached hydrogens (tertiary/aromatic N) is 1. The summed E-state index contributed by atoms with van der Waals surface area (Å²) in [6.07, 6.45) is 5.86. The second kappa shape index (κ2) is 8.69. The summed E-state index contributed by atoms with van der Waals surface area (Å²) in [4.78, 5) is 12.7. The zero-order chi connectivity index (χ0) is 18.0.